The van der Waals surface area contributed by atoms with Crippen molar-refractivity contribution in [2.75, 3.05) is 18.0 Å². The molecular formula is C34H34FN5O9. The molecule has 3 rings (SSSR count). The Morgan fingerprint density at radius 2 is 1.67 bits per heavy atom. The lowest BCUT2D eigenvalue weighted by Gasteiger charge is -2.27. The van der Waals surface area contributed by atoms with Crippen LogP contribution in [-0.4, -0.2) is 85.1 Å². The van der Waals surface area contributed by atoms with Crippen LogP contribution in [0.2, 0.25) is 0 Å². The fourth-order valence-electron chi connectivity index (χ4n) is 5.11. The summed E-state index contributed by atoms with van der Waals surface area (Å²) in [5.41, 5.74) is 1.53. The number of halogens is 1. The van der Waals surface area contributed by atoms with Gasteiger partial charge < -0.3 is 35.4 Å². The molecule has 0 saturated heterocycles. The Hall–Kier alpha value is -6.22. The van der Waals surface area contributed by atoms with Crippen LogP contribution in [0, 0.1) is 44.4 Å². The number of carboxylic acid groups (broad SMARTS) is 3. The number of nitrogens with zero attached hydrogens (tertiary/aromatic N) is 3. The molecule has 2 amide bonds. The molecule has 2 aromatic carbocycles. The van der Waals surface area contributed by atoms with E-state index in [0.717, 1.165) is 28.2 Å². The SMILES string of the molecule is C#CCN(Cc1cc2c(=O)[nH]c(C)nc2cc1C)c1ccc(C(=O)N[C@@H](CCC(=O)N(CC#C)[C@@H](CCC(=O)O)C(=O)O)C(=O)O)c(F)c1. The van der Waals surface area contributed by atoms with Crippen molar-refractivity contribution in [1.29, 1.82) is 0 Å². The third kappa shape index (κ3) is 9.65. The van der Waals surface area contributed by atoms with Gasteiger partial charge in [-0.3, -0.25) is 19.2 Å². The number of aromatic nitrogens is 2. The third-order valence-corrected chi connectivity index (χ3v) is 7.61. The number of hydrogen-bond donors (Lipinski definition) is 5. The third-order valence-electron chi connectivity index (χ3n) is 7.61. The number of aliphatic carboxylic acids is 3. The highest BCUT2D eigenvalue weighted by Gasteiger charge is 2.31. The van der Waals surface area contributed by atoms with Crippen molar-refractivity contribution in [3.63, 3.8) is 0 Å². The Morgan fingerprint density at radius 3 is 2.27 bits per heavy atom. The molecule has 0 aliphatic heterocycles. The van der Waals surface area contributed by atoms with Crippen molar-refractivity contribution in [3.05, 3.63) is 69.0 Å². The summed E-state index contributed by atoms with van der Waals surface area (Å²) in [5.74, 6) is -2.20. The first-order chi connectivity index (χ1) is 23.2. The van der Waals surface area contributed by atoms with Gasteiger partial charge in [0.05, 0.1) is 29.6 Å². The Labute approximate surface area is 279 Å². The fourth-order valence-corrected chi connectivity index (χ4v) is 5.11. The summed E-state index contributed by atoms with van der Waals surface area (Å²) >= 11 is 0. The van der Waals surface area contributed by atoms with Crippen molar-refractivity contribution >= 4 is 46.3 Å². The van der Waals surface area contributed by atoms with E-state index < -0.39 is 85.4 Å². The molecular weight excluding hydrogens is 641 g/mol. The number of carbonyl (C=O) groups excluding carboxylic acids is 2. The lowest BCUT2D eigenvalue weighted by Crippen LogP contribution is -2.47. The predicted octanol–water partition coefficient (Wildman–Crippen LogP) is 2.06. The second kappa shape index (κ2) is 16.6. The van der Waals surface area contributed by atoms with E-state index in [4.69, 9.17) is 18.0 Å². The molecule has 0 radical (unpaired) electrons. The van der Waals surface area contributed by atoms with Crippen LogP contribution in [-0.2, 0) is 25.7 Å². The van der Waals surface area contributed by atoms with Gasteiger partial charge in [0.15, 0.2) is 0 Å². The second-order valence-corrected chi connectivity index (χ2v) is 11.1. The largest absolute Gasteiger partial charge is 0.481 e. The molecule has 1 heterocycles. The van der Waals surface area contributed by atoms with Gasteiger partial charge in [-0.15, -0.1) is 12.8 Å². The standard InChI is InChI=1S/C34H34FN5O9/c1-5-13-39(18-21-16-24-27(15-19(21)3)36-20(4)37-32(24)45)22-7-8-23(25(35)17-22)31(44)38-26(33(46)47)9-11-29(41)40(14-6-2)28(34(48)49)10-12-30(42)43/h1-2,7-8,15-17,26,28H,9-14,18H2,3-4H3,(H,38,44)(H,42,43)(H,46,47)(H,48,49)(H,36,37,45)/t26-,28-/m0/s1. The average molecular weight is 676 g/mol. The molecule has 0 aliphatic carbocycles. The number of aryl methyl sites for hydroxylation is 2. The van der Waals surface area contributed by atoms with Crippen LogP contribution < -0.4 is 15.8 Å². The number of terminal acetylenes is 2. The van der Waals surface area contributed by atoms with Gasteiger partial charge in [0, 0.05) is 25.1 Å². The van der Waals surface area contributed by atoms with E-state index in [2.05, 4.69) is 27.1 Å². The zero-order chi connectivity index (χ0) is 36.4. The minimum Gasteiger partial charge on any atom is -0.481 e. The first-order valence-corrected chi connectivity index (χ1v) is 14.9. The van der Waals surface area contributed by atoms with Gasteiger partial charge in [0.1, 0.15) is 23.7 Å². The molecule has 14 nitrogen and oxygen atoms in total. The molecule has 0 unspecified atom stereocenters. The van der Waals surface area contributed by atoms with E-state index in [-0.39, 0.29) is 18.6 Å². The number of carboxylic acids is 3. The number of anilines is 1. The van der Waals surface area contributed by atoms with Gasteiger partial charge >= 0.3 is 17.9 Å². The lowest BCUT2D eigenvalue weighted by atomic mass is 10.0. The number of nitrogens with one attached hydrogen (secondary N) is 2. The first-order valence-electron chi connectivity index (χ1n) is 14.9. The van der Waals surface area contributed by atoms with Gasteiger partial charge in [-0.25, -0.2) is 19.0 Å². The van der Waals surface area contributed by atoms with E-state index in [9.17, 15) is 39.0 Å². The van der Waals surface area contributed by atoms with Gasteiger partial charge in [-0.2, -0.15) is 0 Å². The van der Waals surface area contributed by atoms with Gasteiger partial charge in [-0.1, -0.05) is 11.8 Å². The van der Waals surface area contributed by atoms with E-state index in [1.807, 2.05) is 6.92 Å². The van der Waals surface area contributed by atoms with Crippen LogP contribution in [0.25, 0.3) is 10.9 Å². The number of fused-ring (bicyclic) bond motifs is 1. The number of hydrogen-bond acceptors (Lipinski definition) is 8. The van der Waals surface area contributed by atoms with Gasteiger partial charge in [0.2, 0.25) is 5.91 Å². The highest BCUT2D eigenvalue weighted by molar-refractivity contribution is 5.97. The quantitative estimate of drug-likeness (QED) is 0.139. The highest BCUT2D eigenvalue weighted by Crippen LogP contribution is 2.24. The van der Waals surface area contributed by atoms with E-state index in [1.54, 1.807) is 24.0 Å². The molecule has 0 spiro atoms. The Morgan fingerprint density at radius 1 is 0.980 bits per heavy atom. The minimum absolute atomic E-state index is 0.0375. The molecule has 0 aliphatic rings. The molecule has 2 atom stereocenters. The van der Waals surface area contributed by atoms with E-state index in [1.165, 1.54) is 6.07 Å². The highest BCUT2D eigenvalue weighted by atomic mass is 19.1. The van der Waals surface area contributed by atoms with Gasteiger partial charge in [-0.05, 0) is 68.1 Å². The normalized spacial score (nSPS) is 11.9. The molecule has 0 saturated carbocycles. The average Bonchev–Trinajstić information content (AvgIpc) is 3.02. The fraction of sp³-hybridized carbons (Fsp3) is 0.324. The molecule has 15 heteroatoms. The lowest BCUT2D eigenvalue weighted by molar-refractivity contribution is -0.151. The molecule has 1 aromatic heterocycles. The number of carbonyl (C=O) groups is 5. The molecule has 0 fully saturated rings. The smallest absolute Gasteiger partial charge is 0.326 e. The maximum absolute atomic E-state index is 15.4. The molecule has 5 N–H and O–H groups in total. The topological polar surface area (TPSA) is 210 Å². The molecule has 3 aromatic rings. The summed E-state index contributed by atoms with van der Waals surface area (Å²) in [4.78, 5) is 82.4. The van der Waals surface area contributed by atoms with Crippen molar-refractivity contribution in [2.24, 2.45) is 0 Å². The van der Waals surface area contributed by atoms with Crippen molar-refractivity contribution in [2.45, 2.75) is 58.2 Å². The first kappa shape index (κ1) is 37.2. The zero-order valence-electron chi connectivity index (χ0n) is 26.7. The van der Waals surface area contributed by atoms with Crippen molar-refractivity contribution < 1.29 is 43.7 Å². The number of rotatable bonds is 16. The number of H-pyrrole nitrogens is 1. The number of amides is 2. The van der Waals surface area contributed by atoms with Crippen molar-refractivity contribution in [3.8, 4) is 24.7 Å². The summed E-state index contributed by atoms with van der Waals surface area (Å²) in [6, 6.07) is 3.81. The Bertz CT molecular complexity index is 1930. The number of aromatic amines is 1. The molecule has 256 valence electrons. The molecule has 0 bridgehead atoms. The summed E-state index contributed by atoms with van der Waals surface area (Å²) in [6.07, 6.45) is 8.75. The van der Waals surface area contributed by atoms with Crippen LogP contribution >= 0.6 is 0 Å². The van der Waals surface area contributed by atoms with E-state index in [0.29, 0.717) is 22.4 Å². The number of benzene rings is 2. The summed E-state index contributed by atoms with van der Waals surface area (Å²) < 4.78 is 15.4. The van der Waals surface area contributed by atoms with Crippen LogP contribution in [0.15, 0.2) is 35.1 Å². The maximum Gasteiger partial charge on any atom is 0.326 e. The van der Waals surface area contributed by atoms with E-state index >= 15 is 4.39 Å². The monoisotopic (exact) mass is 675 g/mol. The second-order valence-electron chi connectivity index (χ2n) is 11.1. The summed E-state index contributed by atoms with van der Waals surface area (Å²) in [7, 11) is 0. The van der Waals surface area contributed by atoms with Crippen LogP contribution in [0.4, 0.5) is 10.1 Å². The van der Waals surface area contributed by atoms with Crippen LogP contribution in [0.3, 0.4) is 0 Å². The Balaban J connectivity index is 1.77. The van der Waals surface area contributed by atoms with Gasteiger partial charge in [0.25, 0.3) is 11.5 Å². The van der Waals surface area contributed by atoms with Crippen LogP contribution in [0.1, 0.15) is 53.0 Å². The summed E-state index contributed by atoms with van der Waals surface area (Å²) in [5, 5.41) is 30.7. The predicted molar refractivity (Wildman–Crippen MR) is 175 cm³/mol. The maximum atomic E-state index is 15.4. The Kier molecular flexibility index (Phi) is 12.6. The van der Waals surface area contributed by atoms with Crippen LogP contribution in [0.5, 0.6) is 0 Å². The summed E-state index contributed by atoms with van der Waals surface area (Å²) in [6.45, 7) is 3.23. The minimum atomic E-state index is -1.68. The molecule has 49 heavy (non-hydrogen) atoms. The van der Waals surface area contributed by atoms with Crippen molar-refractivity contribution in [1.82, 2.24) is 20.2 Å². The zero-order valence-corrected chi connectivity index (χ0v) is 26.7.